The Hall–Kier alpha value is -2.92. The summed E-state index contributed by atoms with van der Waals surface area (Å²) in [7, 11) is 1.35. The SMILES string of the molecule is COC(=O)CCc1ccc(OCC(O)CN(C(=O)COCCO[N+](=O)[O-])C(C)C)cc1. The van der Waals surface area contributed by atoms with Crippen LogP contribution in [0.3, 0.4) is 0 Å². The number of amides is 1. The second-order valence-electron chi connectivity index (χ2n) is 6.93. The Morgan fingerprint density at radius 3 is 2.45 bits per heavy atom. The monoisotopic (exact) mass is 442 g/mol. The third-order valence-electron chi connectivity index (χ3n) is 4.21. The summed E-state index contributed by atoms with van der Waals surface area (Å²) in [5.74, 6) is -0.0782. The minimum absolute atomic E-state index is 0.0183. The molecule has 1 aromatic rings. The molecule has 0 bridgehead atoms. The molecule has 0 saturated heterocycles. The van der Waals surface area contributed by atoms with Gasteiger partial charge in [0, 0.05) is 12.5 Å². The molecule has 1 atom stereocenters. The van der Waals surface area contributed by atoms with E-state index in [4.69, 9.17) is 9.47 Å². The molecule has 0 aliphatic carbocycles. The van der Waals surface area contributed by atoms with Gasteiger partial charge in [-0.05, 0) is 38.0 Å². The molecule has 1 amide bonds. The number of ether oxygens (including phenoxy) is 3. The molecule has 11 nitrogen and oxygen atoms in total. The number of benzene rings is 1. The summed E-state index contributed by atoms with van der Waals surface area (Å²) in [4.78, 5) is 39.1. The highest BCUT2D eigenvalue weighted by Crippen LogP contribution is 2.14. The number of hydrogen-bond donors (Lipinski definition) is 1. The van der Waals surface area contributed by atoms with Crippen molar-refractivity contribution in [2.24, 2.45) is 0 Å². The van der Waals surface area contributed by atoms with Crippen LogP contribution in [0.25, 0.3) is 0 Å². The summed E-state index contributed by atoms with van der Waals surface area (Å²) in [6, 6.07) is 6.95. The van der Waals surface area contributed by atoms with Crippen LogP contribution >= 0.6 is 0 Å². The zero-order valence-corrected chi connectivity index (χ0v) is 18.0. The van der Waals surface area contributed by atoms with Crippen molar-refractivity contribution in [2.45, 2.75) is 38.8 Å². The lowest BCUT2D eigenvalue weighted by Crippen LogP contribution is -2.45. The molecule has 1 aromatic carbocycles. The number of rotatable bonds is 15. The Bertz CT molecular complexity index is 694. The van der Waals surface area contributed by atoms with E-state index < -0.39 is 11.2 Å². The molecular formula is C20H30N2O9. The van der Waals surface area contributed by atoms with Crippen LogP contribution in [0.1, 0.15) is 25.8 Å². The normalized spacial score (nSPS) is 11.6. The van der Waals surface area contributed by atoms with E-state index in [0.29, 0.717) is 18.6 Å². The average Bonchev–Trinajstić information content (AvgIpc) is 2.74. The second-order valence-corrected chi connectivity index (χ2v) is 6.93. The number of aliphatic hydroxyl groups is 1. The molecular weight excluding hydrogens is 412 g/mol. The van der Waals surface area contributed by atoms with E-state index in [-0.39, 0.29) is 50.9 Å². The first-order valence-electron chi connectivity index (χ1n) is 9.84. The van der Waals surface area contributed by atoms with Crippen LogP contribution in [0.4, 0.5) is 0 Å². The van der Waals surface area contributed by atoms with Gasteiger partial charge in [-0.2, -0.15) is 0 Å². The first-order valence-corrected chi connectivity index (χ1v) is 9.84. The van der Waals surface area contributed by atoms with Gasteiger partial charge < -0.3 is 29.1 Å². The Balaban J connectivity index is 2.41. The first kappa shape index (κ1) is 26.1. The van der Waals surface area contributed by atoms with Gasteiger partial charge in [-0.15, -0.1) is 10.1 Å². The number of carbonyl (C=O) groups is 2. The lowest BCUT2D eigenvalue weighted by Gasteiger charge is -2.29. The maximum absolute atomic E-state index is 12.3. The number of methoxy groups -OCH3 is 1. The third-order valence-corrected chi connectivity index (χ3v) is 4.21. The summed E-state index contributed by atoms with van der Waals surface area (Å²) in [5.41, 5.74) is 0.957. The molecule has 0 aliphatic heterocycles. The lowest BCUT2D eigenvalue weighted by molar-refractivity contribution is -0.758. The zero-order chi connectivity index (χ0) is 23.2. The van der Waals surface area contributed by atoms with E-state index in [1.807, 2.05) is 12.1 Å². The molecule has 1 rings (SSSR count). The molecule has 0 aliphatic rings. The smallest absolute Gasteiger partial charge is 0.305 e. The molecule has 174 valence electrons. The van der Waals surface area contributed by atoms with Gasteiger partial charge in [-0.25, -0.2) is 0 Å². The zero-order valence-electron chi connectivity index (χ0n) is 18.0. The van der Waals surface area contributed by atoms with Gasteiger partial charge in [0.15, 0.2) is 0 Å². The molecule has 1 unspecified atom stereocenters. The molecule has 0 heterocycles. The second kappa shape index (κ2) is 14.1. The van der Waals surface area contributed by atoms with Crippen LogP contribution in [0.15, 0.2) is 24.3 Å². The molecule has 11 heteroatoms. The van der Waals surface area contributed by atoms with Crippen molar-refractivity contribution >= 4 is 11.9 Å². The highest BCUT2D eigenvalue weighted by Gasteiger charge is 2.21. The van der Waals surface area contributed by atoms with Gasteiger partial charge in [0.05, 0.1) is 20.3 Å². The summed E-state index contributed by atoms with van der Waals surface area (Å²) in [6.07, 6.45) is -0.0782. The van der Waals surface area contributed by atoms with E-state index in [0.717, 1.165) is 5.56 Å². The van der Waals surface area contributed by atoms with Gasteiger partial charge in [0.2, 0.25) is 5.91 Å². The molecule has 1 N–H and O–H groups in total. The Morgan fingerprint density at radius 2 is 1.87 bits per heavy atom. The van der Waals surface area contributed by atoms with Gasteiger partial charge in [-0.1, -0.05) is 12.1 Å². The predicted octanol–water partition coefficient (Wildman–Crippen LogP) is 0.994. The van der Waals surface area contributed by atoms with E-state index in [2.05, 4.69) is 9.57 Å². The predicted molar refractivity (Wildman–Crippen MR) is 109 cm³/mol. The van der Waals surface area contributed by atoms with Crippen molar-refractivity contribution in [3.63, 3.8) is 0 Å². The van der Waals surface area contributed by atoms with Gasteiger partial charge in [-0.3, -0.25) is 9.59 Å². The fourth-order valence-corrected chi connectivity index (χ4v) is 2.59. The molecule has 0 saturated carbocycles. The van der Waals surface area contributed by atoms with E-state index in [9.17, 15) is 24.8 Å². The van der Waals surface area contributed by atoms with Crippen LogP contribution in [-0.4, -0.2) is 79.2 Å². The number of hydrogen-bond acceptors (Lipinski definition) is 9. The van der Waals surface area contributed by atoms with Crippen molar-refractivity contribution in [2.75, 3.05) is 40.1 Å². The summed E-state index contributed by atoms with van der Waals surface area (Å²) in [6.45, 7) is 2.99. The molecule has 0 spiro atoms. The van der Waals surface area contributed by atoms with Crippen molar-refractivity contribution in [3.05, 3.63) is 39.9 Å². The maximum Gasteiger partial charge on any atom is 0.305 e. The van der Waals surface area contributed by atoms with Crippen LogP contribution in [-0.2, 0) is 30.3 Å². The fraction of sp³-hybridized carbons (Fsp3) is 0.600. The standard InChI is InChI=1S/C20H30N2O9/c1-15(2)21(19(24)14-29-10-11-31-22(26)27)12-17(23)13-30-18-7-4-16(5-8-18)6-9-20(25)28-3/h4-5,7-8,15,17,23H,6,9-14H2,1-3H3. The minimum atomic E-state index is -0.933. The summed E-state index contributed by atoms with van der Waals surface area (Å²) < 4.78 is 15.3. The van der Waals surface area contributed by atoms with Crippen LogP contribution < -0.4 is 4.74 Å². The molecule has 0 aromatic heterocycles. The Kier molecular flexibility index (Phi) is 11.9. The first-order chi connectivity index (χ1) is 14.7. The molecule has 0 radical (unpaired) electrons. The summed E-state index contributed by atoms with van der Waals surface area (Å²) in [5, 5.41) is 19.4. The average molecular weight is 442 g/mol. The molecule has 0 fully saturated rings. The van der Waals surface area contributed by atoms with Gasteiger partial charge in [0.25, 0.3) is 5.09 Å². The van der Waals surface area contributed by atoms with Crippen molar-refractivity contribution in [3.8, 4) is 5.75 Å². The van der Waals surface area contributed by atoms with E-state index in [1.165, 1.54) is 12.0 Å². The van der Waals surface area contributed by atoms with Gasteiger partial charge in [0.1, 0.15) is 31.7 Å². The number of nitrogens with zero attached hydrogens (tertiary/aromatic N) is 2. The highest BCUT2D eigenvalue weighted by molar-refractivity contribution is 5.77. The maximum atomic E-state index is 12.3. The Labute approximate surface area is 180 Å². The number of aryl methyl sites for hydroxylation is 1. The quantitative estimate of drug-likeness (QED) is 0.182. The van der Waals surface area contributed by atoms with Crippen LogP contribution in [0, 0.1) is 10.1 Å². The number of carbonyl (C=O) groups excluding carboxylic acids is 2. The number of esters is 1. The largest absolute Gasteiger partial charge is 0.491 e. The van der Waals surface area contributed by atoms with Crippen molar-refractivity contribution in [1.29, 1.82) is 0 Å². The van der Waals surface area contributed by atoms with Gasteiger partial charge >= 0.3 is 5.97 Å². The fourth-order valence-electron chi connectivity index (χ4n) is 2.59. The van der Waals surface area contributed by atoms with E-state index in [1.54, 1.807) is 26.0 Å². The van der Waals surface area contributed by atoms with Crippen LogP contribution in [0.5, 0.6) is 5.75 Å². The Morgan fingerprint density at radius 1 is 1.19 bits per heavy atom. The van der Waals surface area contributed by atoms with E-state index >= 15 is 0 Å². The lowest BCUT2D eigenvalue weighted by atomic mass is 10.1. The molecule has 31 heavy (non-hydrogen) atoms. The van der Waals surface area contributed by atoms with Crippen molar-refractivity contribution < 1.29 is 38.8 Å². The minimum Gasteiger partial charge on any atom is -0.491 e. The highest BCUT2D eigenvalue weighted by atomic mass is 17.0. The third kappa shape index (κ3) is 11.2. The van der Waals surface area contributed by atoms with Crippen molar-refractivity contribution in [1.82, 2.24) is 4.90 Å². The summed E-state index contributed by atoms with van der Waals surface area (Å²) >= 11 is 0. The topological polar surface area (TPSA) is 138 Å². The number of aliphatic hydroxyl groups excluding tert-OH is 1. The van der Waals surface area contributed by atoms with Crippen LogP contribution in [0.2, 0.25) is 0 Å².